The van der Waals surface area contributed by atoms with Gasteiger partial charge in [-0.25, -0.2) is 0 Å². The van der Waals surface area contributed by atoms with Crippen molar-refractivity contribution in [2.45, 2.75) is 13.0 Å². The second kappa shape index (κ2) is 4.53. The van der Waals surface area contributed by atoms with E-state index in [1.165, 1.54) is 11.1 Å². The van der Waals surface area contributed by atoms with Gasteiger partial charge in [-0.15, -0.1) is 0 Å². The Bertz CT molecular complexity index is 355. The van der Waals surface area contributed by atoms with Crippen LogP contribution in [0.1, 0.15) is 17.2 Å². The third-order valence-electron chi connectivity index (χ3n) is 3.49. The van der Waals surface area contributed by atoms with Crippen LogP contribution in [0.25, 0.3) is 0 Å². The third kappa shape index (κ3) is 1.75. The molecular weight excluding hydrogens is 202 g/mol. The van der Waals surface area contributed by atoms with Crippen LogP contribution in [0.15, 0.2) is 24.3 Å². The van der Waals surface area contributed by atoms with E-state index in [4.69, 9.17) is 4.74 Å². The van der Waals surface area contributed by atoms with Crippen molar-refractivity contribution in [2.24, 2.45) is 5.41 Å². The third-order valence-corrected chi connectivity index (χ3v) is 3.49. The van der Waals surface area contributed by atoms with E-state index in [2.05, 4.69) is 24.4 Å². The predicted octanol–water partition coefficient (Wildman–Crippen LogP) is 1.26. The number of benzene rings is 1. The number of nitrogens with one attached hydrogen (secondary N) is 1. The van der Waals surface area contributed by atoms with Gasteiger partial charge >= 0.3 is 0 Å². The zero-order chi connectivity index (χ0) is 11.6. The van der Waals surface area contributed by atoms with E-state index < -0.39 is 0 Å². The Morgan fingerprint density at radius 2 is 2.12 bits per heavy atom. The van der Waals surface area contributed by atoms with Crippen molar-refractivity contribution in [3.63, 3.8) is 0 Å². The summed E-state index contributed by atoms with van der Waals surface area (Å²) in [6, 6.07) is 8.45. The van der Waals surface area contributed by atoms with Crippen molar-refractivity contribution in [1.29, 1.82) is 0 Å². The van der Waals surface area contributed by atoms with Crippen molar-refractivity contribution in [3.8, 4) is 0 Å². The number of hydrogen-bond donors (Lipinski definition) is 2. The van der Waals surface area contributed by atoms with E-state index in [1.54, 1.807) is 0 Å². The molecule has 1 fully saturated rings. The number of aryl methyl sites for hydroxylation is 1. The zero-order valence-electron chi connectivity index (χ0n) is 9.86. The standard InChI is InChI=1S/C13H19NO2/c1-10-5-3-4-6-11(10)12(14-2)13(7-15)8-16-9-13/h3-6,12,14-15H,7-9H2,1-2H3. The fraction of sp³-hybridized carbons (Fsp3) is 0.538. The maximum Gasteiger partial charge on any atom is 0.0596 e. The Labute approximate surface area is 96.4 Å². The molecule has 3 nitrogen and oxygen atoms in total. The Morgan fingerprint density at radius 3 is 2.56 bits per heavy atom. The van der Waals surface area contributed by atoms with Gasteiger partial charge in [-0.05, 0) is 25.1 Å². The lowest BCUT2D eigenvalue weighted by Crippen LogP contribution is -2.53. The van der Waals surface area contributed by atoms with Crippen LogP contribution in [0, 0.1) is 12.3 Å². The van der Waals surface area contributed by atoms with E-state index in [0.717, 1.165) is 0 Å². The Hall–Kier alpha value is -0.900. The van der Waals surface area contributed by atoms with Crippen molar-refractivity contribution < 1.29 is 9.84 Å². The van der Waals surface area contributed by atoms with Gasteiger partial charge < -0.3 is 15.2 Å². The highest BCUT2D eigenvalue weighted by Crippen LogP contribution is 2.40. The lowest BCUT2D eigenvalue weighted by atomic mass is 9.75. The summed E-state index contributed by atoms with van der Waals surface area (Å²) in [6.45, 7) is 3.52. The first-order chi connectivity index (χ1) is 7.73. The molecule has 2 N–H and O–H groups in total. The van der Waals surface area contributed by atoms with Crippen molar-refractivity contribution >= 4 is 0 Å². The molecule has 0 amide bonds. The van der Waals surface area contributed by atoms with Gasteiger partial charge in [-0.3, -0.25) is 0 Å². The number of aliphatic hydroxyl groups excluding tert-OH is 1. The minimum Gasteiger partial charge on any atom is -0.396 e. The van der Waals surface area contributed by atoms with Crippen molar-refractivity contribution in [1.82, 2.24) is 5.32 Å². The first-order valence-electron chi connectivity index (χ1n) is 5.65. The number of ether oxygens (including phenoxy) is 1. The molecule has 0 bridgehead atoms. The Morgan fingerprint density at radius 1 is 1.44 bits per heavy atom. The number of rotatable bonds is 4. The second-order valence-corrected chi connectivity index (χ2v) is 4.59. The van der Waals surface area contributed by atoms with Crippen LogP contribution >= 0.6 is 0 Å². The van der Waals surface area contributed by atoms with Crippen LogP contribution in [0.4, 0.5) is 0 Å². The summed E-state index contributed by atoms with van der Waals surface area (Å²) in [4.78, 5) is 0. The fourth-order valence-corrected chi connectivity index (χ4v) is 2.42. The minimum absolute atomic E-state index is 0.152. The summed E-state index contributed by atoms with van der Waals surface area (Å²) in [6.07, 6.45) is 0. The zero-order valence-corrected chi connectivity index (χ0v) is 9.86. The maximum atomic E-state index is 9.57. The van der Waals surface area contributed by atoms with E-state index >= 15 is 0 Å². The van der Waals surface area contributed by atoms with E-state index in [9.17, 15) is 5.11 Å². The highest BCUT2D eigenvalue weighted by molar-refractivity contribution is 5.31. The maximum absolute atomic E-state index is 9.57. The first-order valence-corrected chi connectivity index (χ1v) is 5.65. The quantitative estimate of drug-likeness (QED) is 0.804. The summed E-state index contributed by atoms with van der Waals surface area (Å²) >= 11 is 0. The van der Waals surface area contributed by atoms with Gasteiger partial charge in [0.1, 0.15) is 0 Å². The average molecular weight is 221 g/mol. The van der Waals surface area contributed by atoms with Crippen molar-refractivity contribution in [3.05, 3.63) is 35.4 Å². The van der Waals surface area contributed by atoms with Crippen LogP contribution < -0.4 is 5.32 Å². The Balaban J connectivity index is 2.32. The first kappa shape index (κ1) is 11.6. The fourth-order valence-electron chi connectivity index (χ4n) is 2.42. The minimum atomic E-state index is -0.152. The van der Waals surface area contributed by atoms with Gasteiger partial charge in [-0.2, -0.15) is 0 Å². The van der Waals surface area contributed by atoms with E-state index in [-0.39, 0.29) is 18.1 Å². The molecule has 1 aromatic rings. The lowest BCUT2D eigenvalue weighted by Gasteiger charge is -2.46. The SMILES string of the molecule is CNC(c1ccccc1C)C1(CO)COC1. The molecule has 1 heterocycles. The number of hydrogen-bond acceptors (Lipinski definition) is 3. The molecule has 88 valence electrons. The summed E-state index contributed by atoms with van der Waals surface area (Å²) in [5.74, 6) is 0. The molecule has 1 aromatic carbocycles. The number of aliphatic hydroxyl groups is 1. The molecule has 1 unspecified atom stereocenters. The molecule has 1 aliphatic rings. The molecule has 1 saturated heterocycles. The van der Waals surface area contributed by atoms with Crippen LogP contribution in [0.2, 0.25) is 0 Å². The smallest absolute Gasteiger partial charge is 0.0596 e. The van der Waals surface area contributed by atoms with Gasteiger partial charge in [0, 0.05) is 6.04 Å². The monoisotopic (exact) mass is 221 g/mol. The molecule has 16 heavy (non-hydrogen) atoms. The van der Waals surface area contributed by atoms with Crippen LogP contribution in [-0.4, -0.2) is 32.0 Å². The molecule has 0 aromatic heterocycles. The lowest BCUT2D eigenvalue weighted by molar-refractivity contribution is -0.155. The molecule has 2 rings (SSSR count). The van der Waals surface area contributed by atoms with Gasteiger partial charge in [-0.1, -0.05) is 24.3 Å². The normalized spacial score (nSPS) is 20.2. The highest BCUT2D eigenvalue weighted by atomic mass is 16.5. The second-order valence-electron chi connectivity index (χ2n) is 4.59. The summed E-state index contributed by atoms with van der Waals surface area (Å²) in [7, 11) is 1.94. The van der Waals surface area contributed by atoms with Crippen LogP contribution in [-0.2, 0) is 4.74 Å². The highest BCUT2D eigenvalue weighted by Gasteiger charge is 2.45. The molecule has 0 radical (unpaired) electrons. The Kier molecular flexibility index (Phi) is 3.28. The van der Waals surface area contributed by atoms with Crippen LogP contribution in [0.5, 0.6) is 0 Å². The summed E-state index contributed by atoms with van der Waals surface area (Å²) in [5.41, 5.74) is 2.35. The van der Waals surface area contributed by atoms with E-state index in [0.29, 0.717) is 13.2 Å². The van der Waals surface area contributed by atoms with E-state index in [1.807, 2.05) is 19.2 Å². The molecular formula is C13H19NO2. The van der Waals surface area contributed by atoms with Gasteiger partial charge in [0.05, 0.1) is 25.2 Å². The van der Waals surface area contributed by atoms with Crippen LogP contribution in [0.3, 0.4) is 0 Å². The summed E-state index contributed by atoms with van der Waals surface area (Å²) in [5, 5.41) is 12.9. The average Bonchev–Trinajstić information content (AvgIpc) is 2.25. The molecule has 1 aliphatic heterocycles. The topological polar surface area (TPSA) is 41.5 Å². The molecule has 1 atom stereocenters. The van der Waals surface area contributed by atoms with Gasteiger partial charge in [0.25, 0.3) is 0 Å². The van der Waals surface area contributed by atoms with Gasteiger partial charge in [0.2, 0.25) is 0 Å². The summed E-state index contributed by atoms with van der Waals surface area (Å²) < 4.78 is 5.27. The van der Waals surface area contributed by atoms with Gasteiger partial charge in [0.15, 0.2) is 0 Å². The predicted molar refractivity (Wildman–Crippen MR) is 63.3 cm³/mol. The van der Waals surface area contributed by atoms with Crippen molar-refractivity contribution in [2.75, 3.05) is 26.9 Å². The molecule has 0 spiro atoms. The molecule has 3 heteroatoms. The molecule has 0 saturated carbocycles. The molecule has 0 aliphatic carbocycles. The largest absolute Gasteiger partial charge is 0.396 e.